The monoisotopic (exact) mass is 285 g/mol. The fourth-order valence-corrected chi connectivity index (χ4v) is 2.98. The number of rotatable bonds is 4. The maximum Gasteiger partial charge on any atom is 0.242 e. The molecule has 0 saturated carbocycles. The molecule has 1 aromatic carbocycles. The second kappa shape index (κ2) is 5.77. The van der Waals surface area contributed by atoms with Crippen LogP contribution >= 0.6 is 0 Å². The van der Waals surface area contributed by atoms with Gasteiger partial charge in [-0.2, -0.15) is 0 Å². The minimum Gasteiger partial charge on any atom is -0.399 e. The summed E-state index contributed by atoms with van der Waals surface area (Å²) < 4.78 is 31.6. The molecule has 0 radical (unpaired) electrons. The van der Waals surface area contributed by atoms with Crippen molar-refractivity contribution < 1.29 is 13.2 Å². The van der Waals surface area contributed by atoms with Crippen LogP contribution in [0.2, 0.25) is 0 Å². The molecule has 0 unspecified atom stereocenters. The van der Waals surface area contributed by atoms with Crippen molar-refractivity contribution in [2.75, 3.05) is 31.3 Å². The van der Waals surface area contributed by atoms with E-state index in [4.69, 9.17) is 10.5 Å². The van der Waals surface area contributed by atoms with E-state index < -0.39 is 10.0 Å². The summed E-state index contributed by atoms with van der Waals surface area (Å²) in [7, 11) is -2.14. The molecule has 7 heteroatoms. The van der Waals surface area contributed by atoms with Crippen LogP contribution in [0.5, 0.6) is 0 Å². The molecule has 106 valence electrons. The smallest absolute Gasteiger partial charge is 0.242 e. The Morgan fingerprint density at radius 2 is 2.00 bits per heavy atom. The van der Waals surface area contributed by atoms with Crippen LogP contribution in [0.1, 0.15) is 12.8 Å². The zero-order valence-electron chi connectivity index (χ0n) is 10.8. The van der Waals surface area contributed by atoms with Crippen LogP contribution in [0.4, 0.5) is 11.4 Å². The van der Waals surface area contributed by atoms with Gasteiger partial charge in [-0.3, -0.25) is 0 Å². The second-order valence-electron chi connectivity index (χ2n) is 4.49. The molecular weight excluding hydrogens is 266 g/mol. The Morgan fingerprint density at radius 1 is 1.32 bits per heavy atom. The average molecular weight is 285 g/mol. The van der Waals surface area contributed by atoms with E-state index in [9.17, 15) is 8.42 Å². The lowest BCUT2D eigenvalue weighted by Gasteiger charge is -2.25. The Hall–Kier alpha value is -1.31. The fraction of sp³-hybridized carbons (Fsp3) is 0.500. The molecular formula is C12H19N3O3S. The first-order valence-electron chi connectivity index (χ1n) is 6.20. The van der Waals surface area contributed by atoms with Crippen LogP contribution in [0.3, 0.4) is 0 Å². The normalized spacial score (nSPS) is 17.3. The Bertz CT molecular complexity index is 539. The van der Waals surface area contributed by atoms with E-state index in [1.165, 1.54) is 13.1 Å². The van der Waals surface area contributed by atoms with Crippen LogP contribution in [0.25, 0.3) is 0 Å². The van der Waals surface area contributed by atoms with Gasteiger partial charge in [-0.1, -0.05) is 0 Å². The van der Waals surface area contributed by atoms with Crippen molar-refractivity contribution in [1.29, 1.82) is 0 Å². The van der Waals surface area contributed by atoms with Crippen LogP contribution in [-0.2, 0) is 14.8 Å². The van der Waals surface area contributed by atoms with Crippen molar-refractivity contribution in [2.45, 2.75) is 23.8 Å². The SMILES string of the molecule is CNS(=O)(=O)c1cc(N)ccc1NC1CCOCC1. The third-order valence-electron chi connectivity index (χ3n) is 3.14. The quantitative estimate of drug-likeness (QED) is 0.710. The van der Waals surface area contributed by atoms with E-state index >= 15 is 0 Å². The Balaban J connectivity index is 2.29. The van der Waals surface area contributed by atoms with E-state index in [0.717, 1.165) is 12.8 Å². The number of ether oxygens (including phenoxy) is 1. The molecule has 0 aliphatic carbocycles. The van der Waals surface area contributed by atoms with E-state index in [1.807, 2.05) is 0 Å². The highest BCUT2D eigenvalue weighted by Gasteiger charge is 2.20. The number of nitrogen functional groups attached to an aromatic ring is 1. The van der Waals surface area contributed by atoms with Gasteiger partial charge in [0.25, 0.3) is 0 Å². The van der Waals surface area contributed by atoms with Gasteiger partial charge in [-0.15, -0.1) is 0 Å². The second-order valence-corrected chi connectivity index (χ2v) is 6.35. The van der Waals surface area contributed by atoms with E-state index in [2.05, 4.69) is 10.0 Å². The minimum atomic E-state index is -3.53. The largest absolute Gasteiger partial charge is 0.399 e. The van der Waals surface area contributed by atoms with Crippen LogP contribution in [0, 0.1) is 0 Å². The third-order valence-corrected chi connectivity index (χ3v) is 4.60. The molecule has 0 atom stereocenters. The molecule has 19 heavy (non-hydrogen) atoms. The minimum absolute atomic E-state index is 0.182. The molecule has 1 aliphatic heterocycles. The fourth-order valence-electron chi connectivity index (χ4n) is 2.05. The number of hydrogen-bond acceptors (Lipinski definition) is 5. The van der Waals surface area contributed by atoms with Gasteiger partial charge in [0.05, 0.1) is 5.69 Å². The van der Waals surface area contributed by atoms with Crippen molar-refractivity contribution in [1.82, 2.24) is 4.72 Å². The summed E-state index contributed by atoms with van der Waals surface area (Å²) in [4.78, 5) is 0.182. The van der Waals surface area contributed by atoms with Gasteiger partial charge in [0.15, 0.2) is 0 Å². The van der Waals surface area contributed by atoms with Crippen LogP contribution in [-0.4, -0.2) is 34.7 Å². The summed E-state index contributed by atoms with van der Waals surface area (Å²) in [6, 6.07) is 5.09. The summed E-state index contributed by atoms with van der Waals surface area (Å²) in [6.45, 7) is 1.39. The molecule has 0 aromatic heterocycles. The predicted molar refractivity (Wildman–Crippen MR) is 74.6 cm³/mol. The number of sulfonamides is 1. The molecule has 1 fully saturated rings. The molecule has 2 rings (SSSR count). The summed E-state index contributed by atoms with van der Waals surface area (Å²) in [5.41, 5.74) is 6.67. The summed E-state index contributed by atoms with van der Waals surface area (Å²) in [6.07, 6.45) is 1.73. The molecule has 1 aliphatic rings. The summed E-state index contributed by atoms with van der Waals surface area (Å²) >= 11 is 0. The standard InChI is InChI=1S/C12H19N3O3S/c1-14-19(16,17)12-8-9(13)2-3-11(12)15-10-4-6-18-7-5-10/h2-3,8,10,14-15H,4-7,13H2,1H3. The first kappa shape index (κ1) is 14.1. The summed E-state index contributed by atoms with van der Waals surface area (Å²) in [5, 5.41) is 3.26. The maximum atomic E-state index is 12.0. The lowest BCUT2D eigenvalue weighted by Crippen LogP contribution is -2.29. The van der Waals surface area contributed by atoms with Crippen LogP contribution < -0.4 is 15.8 Å². The zero-order valence-corrected chi connectivity index (χ0v) is 11.7. The van der Waals surface area contributed by atoms with Gasteiger partial charge in [0.1, 0.15) is 4.90 Å². The van der Waals surface area contributed by atoms with E-state index in [1.54, 1.807) is 12.1 Å². The molecule has 1 saturated heterocycles. The van der Waals surface area contributed by atoms with Gasteiger partial charge < -0.3 is 15.8 Å². The van der Waals surface area contributed by atoms with Gasteiger partial charge in [0, 0.05) is 24.9 Å². The van der Waals surface area contributed by atoms with Gasteiger partial charge >= 0.3 is 0 Å². The lowest BCUT2D eigenvalue weighted by atomic mass is 10.1. The van der Waals surface area contributed by atoms with Crippen molar-refractivity contribution in [2.24, 2.45) is 0 Å². The highest BCUT2D eigenvalue weighted by atomic mass is 32.2. The summed E-state index contributed by atoms with van der Waals surface area (Å²) in [5.74, 6) is 0. The molecule has 4 N–H and O–H groups in total. The highest BCUT2D eigenvalue weighted by molar-refractivity contribution is 7.89. The van der Waals surface area contributed by atoms with Crippen molar-refractivity contribution in [3.8, 4) is 0 Å². The Morgan fingerprint density at radius 3 is 2.63 bits per heavy atom. The Labute approximate surface area is 113 Å². The van der Waals surface area contributed by atoms with Crippen molar-refractivity contribution in [3.63, 3.8) is 0 Å². The predicted octanol–water partition coefficient (Wildman–Crippen LogP) is 0.768. The molecule has 1 heterocycles. The lowest BCUT2D eigenvalue weighted by molar-refractivity contribution is 0.0904. The number of anilines is 2. The molecule has 0 bridgehead atoms. The number of benzene rings is 1. The van der Waals surface area contributed by atoms with E-state index in [0.29, 0.717) is 24.6 Å². The van der Waals surface area contributed by atoms with Gasteiger partial charge in [0.2, 0.25) is 10.0 Å². The van der Waals surface area contributed by atoms with Crippen molar-refractivity contribution >= 4 is 21.4 Å². The van der Waals surface area contributed by atoms with Gasteiger partial charge in [-0.05, 0) is 38.1 Å². The van der Waals surface area contributed by atoms with Crippen molar-refractivity contribution in [3.05, 3.63) is 18.2 Å². The topological polar surface area (TPSA) is 93.5 Å². The van der Waals surface area contributed by atoms with Crippen LogP contribution in [0.15, 0.2) is 23.1 Å². The maximum absolute atomic E-state index is 12.0. The van der Waals surface area contributed by atoms with E-state index in [-0.39, 0.29) is 10.9 Å². The highest BCUT2D eigenvalue weighted by Crippen LogP contribution is 2.25. The molecule has 0 amide bonds. The molecule has 6 nitrogen and oxygen atoms in total. The average Bonchev–Trinajstić information content (AvgIpc) is 2.42. The first-order valence-corrected chi connectivity index (χ1v) is 7.68. The number of hydrogen-bond donors (Lipinski definition) is 3. The van der Waals surface area contributed by atoms with Gasteiger partial charge in [-0.25, -0.2) is 13.1 Å². The molecule has 1 aromatic rings. The Kier molecular flexibility index (Phi) is 4.28. The number of nitrogens with one attached hydrogen (secondary N) is 2. The first-order chi connectivity index (χ1) is 9.03. The number of nitrogens with two attached hydrogens (primary N) is 1. The zero-order chi connectivity index (χ0) is 13.9. The molecule has 0 spiro atoms. The third kappa shape index (κ3) is 3.37.